The van der Waals surface area contributed by atoms with Crippen LogP contribution < -0.4 is 0 Å². The minimum absolute atomic E-state index is 0.133. The molecule has 6 heteroatoms. The molecule has 0 aliphatic carbocycles. The van der Waals surface area contributed by atoms with Crippen molar-refractivity contribution in [3.05, 3.63) is 16.1 Å². The summed E-state index contributed by atoms with van der Waals surface area (Å²) in [5.74, 6) is 0.891. The molecule has 1 aromatic rings. The van der Waals surface area contributed by atoms with Gasteiger partial charge in [0.15, 0.2) is 0 Å². The number of hydrogen-bond acceptors (Lipinski definition) is 4. The third-order valence-corrected chi connectivity index (χ3v) is 6.20. The maximum atomic E-state index is 13.0. The Morgan fingerprint density at radius 3 is 2.50 bits per heavy atom. The second-order valence-electron chi connectivity index (χ2n) is 7.29. The summed E-state index contributed by atoms with van der Waals surface area (Å²) >= 11 is 1.77. The van der Waals surface area contributed by atoms with Crippen LogP contribution in [0.4, 0.5) is 0 Å². The van der Waals surface area contributed by atoms with Crippen molar-refractivity contribution < 1.29 is 9.59 Å². The van der Waals surface area contributed by atoms with Crippen LogP contribution in [0.25, 0.3) is 0 Å². The summed E-state index contributed by atoms with van der Waals surface area (Å²) in [6.07, 6.45) is 5.34. The van der Waals surface area contributed by atoms with Gasteiger partial charge >= 0.3 is 0 Å². The molecule has 0 saturated carbocycles. The topological polar surface area (TPSA) is 53.5 Å². The molecule has 0 N–H and O–H groups in total. The molecule has 1 unspecified atom stereocenters. The van der Waals surface area contributed by atoms with Crippen LogP contribution in [0.15, 0.2) is 6.20 Å². The van der Waals surface area contributed by atoms with Crippen LogP contribution in [-0.4, -0.2) is 52.3 Å². The highest BCUT2D eigenvalue weighted by atomic mass is 32.1. The summed E-state index contributed by atoms with van der Waals surface area (Å²) in [4.78, 5) is 34.7. The molecule has 5 nitrogen and oxygen atoms in total. The first-order valence-corrected chi connectivity index (χ1v) is 9.79. The molecule has 0 spiro atoms. The van der Waals surface area contributed by atoms with Gasteiger partial charge in [-0.15, -0.1) is 11.3 Å². The Morgan fingerprint density at radius 2 is 2.00 bits per heavy atom. The number of carbonyl (C=O) groups is 2. The number of aryl methyl sites for hydroxylation is 1. The van der Waals surface area contributed by atoms with Crippen LogP contribution in [-0.2, 0) is 9.59 Å². The van der Waals surface area contributed by atoms with Crippen molar-refractivity contribution in [3.63, 3.8) is 0 Å². The predicted molar refractivity (Wildman–Crippen MR) is 95.0 cm³/mol. The number of rotatable bonds is 4. The van der Waals surface area contributed by atoms with E-state index in [1.807, 2.05) is 29.8 Å². The summed E-state index contributed by atoms with van der Waals surface area (Å²) in [7, 11) is 0. The minimum atomic E-state index is -0.293. The quantitative estimate of drug-likeness (QED) is 0.840. The van der Waals surface area contributed by atoms with Crippen LogP contribution in [0.2, 0.25) is 0 Å². The Labute approximate surface area is 148 Å². The fraction of sp³-hybridized carbons (Fsp3) is 0.722. The fourth-order valence-corrected chi connectivity index (χ4v) is 4.78. The molecular formula is C18H27N3O2S. The summed E-state index contributed by atoms with van der Waals surface area (Å²) < 4.78 is 0. The van der Waals surface area contributed by atoms with Gasteiger partial charge in [0, 0.05) is 43.0 Å². The molecule has 24 heavy (non-hydrogen) atoms. The van der Waals surface area contributed by atoms with Crippen molar-refractivity contribution in [2.24, 2.45) is 5.92 Å². The number of hydrogen-bond donors (Lipinski definition) is 0. The van der Waals surface area contributed by atoms with E-state index in [9.17, 15) is 9.59 Å². The van der Waals surface area contributed by atoms with Gasteiger partial charge < -0.3 is 9.80 Å². The van der Waals surface area contributed by atoms with E-state index in [2.05, 4.69) is 11.9 Å². The third kappa shape index (κ3) is 3.48. The van der Waals surface area contributed by atoms with Crippen molar-refractivity contribution in [3.8, 4) is 0 Å². The smallest absolute Gasteiger partial charge is 0.245 e. The van der Waals surface area contributed by atoms with Crippen molar-refractivity contribution in [2.75, 3.05) is 19.6 Å². The summed E-state index contributed by atoms with van der Waals surface area (Å²) in [5, 5.41) is 1.20. The van der Waals surface area contributed by atoms with Crippen molar-refractivity contribution >= 4 is 23.2 Å². The van der Waals surface area contributed by atoms with Crippen LogP contribution in [0.5, 0.6) is 0 Å². The molecule has 0 aromatic carbocycles. The Bertz CT molecular complexity index is 605. The van der Waals surface area contributed by atoms with Crippen molar-refractivity contribution in [2.45, 2.75) is 58.4 Å². The summed E-state index contributed by atoms with van der Waals surface area (Å²) in [6, 6.07) is -0.293. The van der Waals surface area contributed by atoms with E-state index in [4.69, 9.17) is 0 Å². The van der Waals surface area contributed by atoms with Gasteiger partial charge in [-0.1, -0.05) is 13.8 Å². The molecule has 2 amide bonds. The Morgan fingerprint density at radius 1 is 1.29 bits per heavy atom. The van der Waals surface area contributed by atoms with E-state index in [1.54, 1.807) is 11.3 Å². The molecule has 3 rings (SSSR count). The number of nitrogens with zero attached hydrogens (tertiary/aromatic N) is 3. The van der Waals surface area contributed by atoms with Gasteiger partial charge in [0.1, 0.15) is 6.04 Å². The molecular weight excluding hydrogens is 322 g/mol. The summed E-state index contributed by atoms with van der Waals surface area (Å²) in [6.45, 7) is 8.43. The molecule has 0 bridgehead atoms. The van der Waals surface area contributed by atoms with Gasteiger partial charge in [-0.3, -0.25) is 9.59 Å². The van der Waals surface area contributed by atoms with Gasteiger partial charge in [0.25, 0.3) is 0 Å². The van der Waals surface area contributed by atoms with Gasteiger partial charge in [0.05, 0.1) is 5.01 Å². The molecule has 2 aliphatic heterocycles. The second-order valence-corrected chi connectivity index (χ2v) is 8.55. The molecule has 2 saturated heterocycles. The molecule has 2 aliphatic rings. The zero-order valence-electron chi connectivity index (χ0n) is 14.8. The molecule has 0 radical (unpaired) electrons. The average Bonchev–Trinajstić information content (AvgIpc) is 3.16. The first-order valence-electron chi connectivity index (χ1n) is 8.98. The number of likely N-dealkylation sites (tertiary alicyclic amines) is 2. The fourth-order valence-electron chi connectivity index (χ4n) is 3.84. The van der Waals surface area contributed by atoms with E-state index in [1.165, 1.54) is 9.88 Å². The molecule has 2 fully saturated rings. The molecule has 1 aromatic heterocycles. The molecule has 1 atom stereocenters. The number of thiazole rings is 1. The lowest BCUT2D eigenvalue weighted by molar-refractivity contribution is -0.146. The normalized spacial score (nSPS) is 20.9. The third-order valence-electron chi connectivity index (χ3n) is 5.13. The van der Waals surface area contributed by atoms with Gasteiger partial charge in [-0.2, -0.15) is 0 Å². The lowest BCUT2D eigenvalue weighted by Crippen LogP contribution is -2.53. The highest BCUT2D eigenvalue weighted by molar-refractivity contribution is 7.11. The van der Waals surface area contributed by atoms with Crippen LogP contribution >= 0.6 is 11.3 Å². The maximum absolute atomic E-state index is 13.0. The number of amides is 2. The molecule has 132 valence electrons. The van der Waals surface area contributed by atoms with E-state index in [-0.39, 0.29) is 23.8 Å². The number of aromatic nitrogens is 1. The Hall–Kier alpha value is -1.43. The first kappa shape index (κ1) is 17.4. The predicted octanol–water partition coefficient (Wildman–Crippen LogP) is 2.80. The first-order chi connectivity index (χ1) is 11.5. The van der Waals surface area contributed by atoms with Crippen LogP contribution in [0, 0.1) is 12.8 Å². The minimum Gasteiger partial charge on any atom is -0.341 e. The number of piperidine rings is 1. The lowest BCUT2D eigenvalue weighted by Gasteiger charge is -2.37. The van der Waals surface area contributed by atoms with Gasteiger partial charge in [-0.05, 0) is 32.1 Å². The van der Waals surface area contributed by atoms with Crippen molar-refractivity contribution in [1.82, 2.24) is 14.8 Å². The van der Waals surface area contributed by atoms with Crippen molar-refractivity contribution in [1.29, 1.82) is 0 Å². The van der Waals surface area contributed by atoms with Crippen LogP contribution in [0.3, 0.4) is 0 Å². The van der Waals surface area contributed by atoms with E-state index in [0.29, 0.717) is 12.3 Å². The Kier molecular flexibility index (Phi) is 5.23. The monoisotopic (exact) mass is 349 g/mol. The highest BCUT2D eigenvalue weighted by Gasteiger charge is 2.38. The van der Waals surface area contributed by atoms with Gasteiger partial charge in [0.2, 0.25) is 11.8 Å². The lowest BCUT2D eigenvalue weighted by atomic mass is 9.95. The zero-order valence-corrected chi connectivity index (χ0v) is 15.6. The summed E-state index contributed by atoms with van der Waals surface area (Å²) in [5.41, 5.74) is 0. The maximum Gasteiger partial charge on any atom is 0.245 e. The standard InChI is InChI=1S/C18H27N3O2S/c1-12(2)16(21-8-4-5-15(21)22)18(23)20-9-6-14(7-10-20)17-19-11-13(3)24-17/h11-12,14,16H,4-10H2,1-3H3. The average molecular weight is 350 g/mol. The van der Waals surface area contributed by atoms with E-state index < -0.39 is 0 Å². The van der Waals surface area contributed by atoms with E-state index in [0.717, 1.165) is 38.9 Å². The van der Waals surface area contributed by atoms with Crippen LogP contribution in [0.1, 0.15) is 55.3 Å². The molecule has 3 heterocycles. The number of carbonyl (C=O) groups excluding carboxylic acids is 2. The zero-order chi connectivity index (χ0) is 17.3. The second kappa shape index (κ2) is 7.21. The van der Waals surface area contributed by atoms with E-state index >= 15 is 0 Å². The largest absolute Gasteiger partial charge is 0.341 e. The van der Waals surface area contributed by atoms with Gasteiger partial charge in [-0.25, -0.2) is 4.98 Å². The Balaban J connectivity index is 1.63. The SMILES string of the molecule is Cc1cnc(C2CCN(C(=O)C(C(C)C)N3CCCC3=O)CC2)s1. The highest BCUT2D eigenvalue weighted by Crippen LogP contribution is 2.32.